The fourth-order valence-electron chi connectivity index (χ4n) is 2.84. The van der Waals surface area contributed by atoms with Crippen molar-refractivity contribution in [2.45, 2.75) is 33.6 Å². The third kappa shape index (κ3) is 3.76. The first-order chi connectivity index (χ1) is 9.81. The predicted molar refractivity (Wildman–Crippen MR) is 87.5 cm³/mol. The van der Waals surface area contributed by atoms with Crippen LogP contribution in [0.15, 0.2) is 12.1 Å². The van der Waals surface area contributed by atoms with Gasteiger partial charge in [0.2, 0.25) is 0 Å². The van der Waals surface area contributed by atoms with Crippen LogP contribution in [0.4, 0.5) is 5.69 Å². The lowest BCUT2D eigenvalue weighted by Crippen LogP contribution is -2.43. The lowest BCUT2D eigenvalue weighted by molar-refractivity contribution is 0.0891. The molecule has 1 amide bonds. The molecular formula is C17H27N3O. The van der Waals surface area contributed by atoms with Crippen molar-refractivity contribution in [3.63, 3.8) is 0 Å². The smallest absolute Gasteiger partial charge is 0.251 e. The monoisotopic (exact) mass is 289 g/mol. The van der Waals surface area contributed by atoms with E-state index < -0.39 is 0 Å². The highest BCUT2D eigenvalue weighted by molar-refractivity contribution is 5.96. The van der Waals surface area contributed by atoms with Crippen molar-refractivity contribution in [2.75, 3.05) is 32.4 Å². The molecule has 21 heavy (non-hydrogen) atoms. The van der Waals surface area contributed by atoms with Crippen LogP contribution in [-0.4, -0.2) is 37.5 Å². The normalized spacial score (nSPS) is 18.5. The minimum atomic E-state index is -0.0145. The number of carbonyl (C=O) groups excluding carboxylic acids is 1. The van der Waals surface area contributed by atoms with Gasteiger partial charge in [-0.05, 0) is 69.4 Å². The Morgan fingerprint density at radius 3 is 2.52 bits per heavy atom. The minimum Gasteiger partial charge on any atom is -0.398 e. The quantitative estimate of drug-likeness (QED) is 0.840. The Balaban J connectivity index is 2.00. The van der Waals surface area contributed by atoms with Crippen molar-refractivity contribution in [1.82, 2.24) is 10.2 Å². The van der Waals surface area contributed by atoms with Gasteiger partial charge in [-0.1, -0.05) is 13.0 Å². The fraction of sp³-hybridized carbons (Fsp3) is 0.588. The van der Waals surface area contributed by atoms with Crippen LogP contribution in [-0.2, 0) is 0 Å². The van der Waals surface area contributed by atoms with Crippen LogP contribution in [0.1, 0.15) is 41.3 Å². The Labute approximate surface area is 127 Å². The molecule has 116 valence electrons. The van der Waals surface area contributed by atoms with Gasteiger partial charge in [-0.3, -0.25) is 4.79 Å². The number of amides is 1. The number of hydrogen-bond acceptors (Lipinski definition) is 3. The largest absolute Gasteiger partial charge is 0.398 e. The number of nitrogens with one attached hydrogen (secondary N) is 1. The molecule has 1 fully saturated rings. The molecular weight excluding hydrogens is 262 g/mol. The molecule has 3 N–H and O–H groups in total. The number of hydrogen-bond donors (Lipinski definition) is 2. The maximum atomic E-state index is 12.4. The second-order valence-electron chi connectivity index (χ2n) is 6.82. The second-order valence-corrected chi connectivity index (χ2v) is 6.82. The van der Waals surface area contributed by atoms with Crippen LogP contribution in [0, 0.1) is 19.3 Å². The second kappa shape index (κ2) is 6.06. The van der Waals surface area contributed by atoms with Gasteiger partial charge in [0.15, 0.2) is 0 Å². The number of carbonyl (C=O) groups is 1. The minimum absolute atomic E-state index is 0.0145. The Morgan fingerprint density at radius 1 is 1.29 bits per heavy atom. The summed E-state index contributed by atoms with van der Waals surface area (Å²) in [6.45, 7) is 9.11. The molecule has 0 aliphatic carbocycles. The first-order valence-corrected chi connectivity index (χ1v) is 7.64. The van der Waals surface area contributed by atoms with E-state index in [0.717, 1.165) is 43.6 Å². The maximum Gasteiger partial charge on any atom is 0.251 e. The van der Waals surface area contributed by atoms with Crippen LogP contribution in [0.5, 0.6) is 0 Å². The zero-order valence-corrected chi connectivity index (χ0v) is 13.6. The van der Waals surface area contributed by atoms with Gasteiger partial charge in [0, 0.05) is 17.8 Å². The van der Waals surface area contributed by atoms with Crippen molar-refractivity contribution in [3.8, 4) is 0 Å². The zero-order chi connectivity index (χ0) is 15.6. The Hall–Kier alpha value is -1.55. The first-order valence-electron chi connectivity index (χ1n) is 7.64. The SMILES string of the molecule is Cc1cc(C)c(C(=O)NCC2(C)CCN(C)CC2)cc1N. The predicted octanol–water partition coefficient (Wildman–Crippen LogP) is 2.35. The van der Waals surface area contributed by atoms with Gasteiger partial charge in [-0.25, -0.2) is 0 Å². The number of rotatable bonds is 3. The van der Waals surface area contributed by atoms with E-state index in [-0.39, 0.29) is 11.3 Å². The highest BCUT2D eigenvalue weighted by Gasteiger charge is 2.29. The Bertz CT molecular complexity index is 531. The topological polar surface area (TPSA) is 58.4 Å². The molecule has 0 saturated carbocycles. The van der Waals surface area contributed by atoms with Gasteiger partial charge < -0.3 is 16.0 Å². The number of nitrogens with two attached hydrogens (primary N) is 1. The fourth-order valence-corrected chi connectivity index (χ4v) is 2.84. The molecule has 0 radical (unpaired) electrons. The van der Waals surface area contributed by atoms with Crippen molar-refractivity contribution < 1.29 is 4.79 Å². The van der Waals surface area contributed by atoms with Crippen LogP contribution in [0.3, 0.4) is 0 Å². The van der Waals surface area contributed by atoms with Crippen LogP contribution in [0.2, 0.25) is 0 Å². The highest BCUT2D eigenvalue weighted by atomic mass is 16.1. The molecule has 4 heteroatoms. The molecule has 0 unspecified atom stereocenters. The van der Waals surface area contributed by atoms with Crippen molar-refractivity contribution in [3.05, 3.63) is 28.8 Å². The molecule has 1 aliphatic rings. The molecule has 0 atom stereocenters. The summed E-state index contributed by atoms with van der Waals surface area (Å²) in [6, 6.07) is 3.76. The van der Waals surface area contributed by atoms with Gasteiger partial charge >= 0.3 is 0 Å². The van der Waals surface area contributed by atoms with E-state index in [4.69, 9.17) is 5.73 Å². The summed E-state index contributed by atoms with van der Waals surface area (Å²) in [7, 11) is 2.15. The van der Waals surface area contributed by atoms with E-state index in [9.17, 15) is 4.79 Å². The molecule has 1 aromatic carbocycles. The molecule has 1 saturated heterocycles. The average Bonchev–Trinajstić information content (AvgIpc) is 2.44. The average molecular weight is 289 g/mol. The summed E-state index contributed by atoms with van der Waals surface area (Å²) >= 11 is 0. The third-order valence-electron chi connectivity index (χ3n) is 4.73. The summed E-state index contributed by atoms with van der Waals surface area (Å²) in [4.78, 5) is 14.7. The van der Waals surface area contributed by atoms with E-state index in [1.807, 2.05) is 19.9 Å². The summed E-state index contributed by atoms with van der Waals surface area (Å²) in [6.07, 6.45) is 2.25. The number of nitrogen functional groups attached to an aromatic ring is 1. The summed E-state index contributed by atoms with van der Waals surface area (Å²) in [5.74, 6) is -0.0145. The summed E-state index contributed by atoms with van der Waals surface area (Å²) in [5.41, 5.74) is 9.49. The van der Waals surface area contributed by atoms with E-state index in [1.165, 1.54) is 0 Å². The van der Waals surface area contributed by atoms with Gasteiger partial charge in [0.1, 0.15) is 0 Å². The standard InChI is InChI=1S/C17H27N3O/c1-12-9-13(2)15(18)10-14(12)16(21)19-11-17(3)5-7-20(4)8-6-17/h9-10H,5-8,11,18H2,1-4H3,(H,19,21). The van der Waals surface area contributed by atoms with Crippen molar-refractivity contribution >= 4 is 11.6 Å². The maximum absolute atomic E-state index is 12.4. The molecule has 0 aromatic heterocycles. The highest BCUT2D eigenvalue weighted by Crippen LogP contribution is 2.29. The van der Waals surface area contributed by atoms with Crippen LogP contribution < -0.4 is 11.1 Å². The van der Waals surface area contributed by atoms with E-state index in [1.54, 1.807) is 6.07 Å². The number of likely N-dealkylation sites (tertiary alicyclic amines) is 1. The molecule has 0 bridgehead atoms. The first kappa shape index (κ1) is 15.8. The molecule has 2 rings (SSSR count). The number of anilines is 1. The number of benzene rings is 1. The lowest BCUT2D eigenvalue weighted by Gasteiger charge is -2.38. The molecule has 1 heterocycles. The number of nitrogens with zero attached hydrogens (tertiary/aromatic N) is 1. The van der Waals surface area contributed by atoms with Gasteiger partial charge in [-0.2, -0.15) is 0 Å². The molecule has 0 spiro atoms. The summed E-state index contributed by atoms with van der Waals surface area (Å²) in [5, 5.41) is 3.10. The van der Waals surface area contributed by atoms with E-state index >= 15 is 0 Å². The van der Waals surface area contributed by atoms with E-state index in [2.05, 4.69) is 24.2 Å². The van der Waals surface area contributed by atoms with Crippen LogP contribution >= 0.6 is 0 Å². The number of piperidine rings is 1. The molecule has 1 aliphatic heterocycles. The Morgan fingerprint density at radius 2 is 1.90 bits per heavy atom. The summed E-state index contributed by atoms with van der Waals surface area (Å²) < 4.78 is 0. The Kier molecular flexibility index (Phi) is 4.57. The number of aryl methyl sites for hydroxylation is 2. The third-order valence-corrected chi connectivity index (χ3v) is 4.73. The van der Waals surface area contributed by atoms with Crippen LogP contribution in [0.25, 0.3) is 0 Å². The van der Waals surface area contributed by atoms with Gasteiger partial charge in [0.25, 0.3) is 5.91 Å². The van der Waals surface area contributed by atoms with Crippen molar-refractivity contribution in [2.24, 2.45) is 5.41 Å². The van der Waals surface area contributed by atoms with Crippen molar-refractivity contribution in [1.29, 1.82) is 0 Å². The van der Waals surface area contributed by atoms with E-state index in [0.29, 0.717) is 11.3 Å². The zero-order valence-electron chi connectivity index (χ0n) is 13.6. The lowest BCUT2D eigenvalue weighted by atomic mass is 9.80. The molecule has 1 aromatic rings. The molecule has 4 nitrogen and oxygen atoms in total. The van der Waals surface area contributed by atoms with Gasteiger partial charge in [-0.15, -0.1) is 0 Å². The van der Waals surface area contributed by atoms with Gasteiger partial charge in [0.05, 0.1) is 0 Å².